The summed E-state index contributed by atoms with van der Waals surface area (Å²) < 4.78 is 0. The molecule has 128 valence electrons. The first-order chi connectivity index (χ1) is 11.8. The molecule has 0 aliphatic rings. The number of rotatable bonds is 3. The van der Waals surface area contributed by atoms with Gasteiger partial charge in [0.25, 0.3) is 5.91 Å². The van der Waals surface area contributed by atoms with Crippen LogP contribution in [0.4, 0.5) is 5.69 Å². The van der Waals surface area contributed by atoms with Crippen LogP contribution in [0.25, 0.3) is 10.9 Å². The van der Waals surface area contributed by atoms with Crippen LogP contribution in [0.2, 0.25) is 0 Å². The van der Waals surface area contributed by atoms with E-state index in [0.717, 1.165) is 27.6 Å². The summed E-state index contributed by atoms with van der Waals surface area (Å²) in [6.07, 6.45) is 0. The first kappa shape index (κ1) is 17.0. The Morgan fingerprint density at radius 3 is 2.44 bits per heavy atom. The SMILES string of the molecule is Cc1ccc(C(=O)Nc2ccc3c(C(C)C)cc(=O)[nH]c3c2)cc1C. The smallest absolute Gasteiger partial charge is 0.255 e. The van der Waals surface area contributed by atoms with Crippen molar-refractivity contribution in [2.75, 3.05) is 5.32 Å². The summed E-state index contributed by atoms with van der Waals surface area (Å²) in [5.41, 5.74) is 5.12. The van der Waals surface area contributed by atoms with E-state index in [-0.39, 0.29) is 17.4 Å². The van der Waals surface area contributed by atoms with E-state index in [1.807, 2.05) is 50.2 Å². The first-order valence-electron chi connectivity index (χ1n) is 8.41. The Kier molecular flexibility index (Phi) is 4.45. The number of anilines is 1. The Labute approximate surface area is 146 Å². The molecular formula is C21H22N2O2. The largest absolute Gasteiger partial charge is 0.322 e. The van der Waals surface area contributed by atoms with E-state index in [9.17, 15) is 9.59 Å². The zero-order chi connectivity index (χ0) is 18.1. The number of nitrogens with one attached hydrogen (secondary N) is 2. The summed E-state index contributed by atoms with van der Waals surface area (Å²) in [7, 11) is 0. The third kappa shape index (κ3) is 3.48. The van der Waals surface area contributed by atoms with Crippen molar-refractivity contribution in [2.45, 2.75) is 33.6 Å². The van der Waals surface area contributed by atoms with E-state index in [1.165, 1.54) is 0 Å². The van der Waals surface area contributed by atoms with Crippen LogP contribution in [0.5, 0.6) is 0 Å². The highest BCUT2D eigenvalue weighted by molar-refractivity contribution is 6.05. The number of carbonyl (C=O) groups is 1. The lowest BCUT2D eigenvalue weighted by Crippen LogP contribution is -2.13. The van der Waals surface area contributed by atoms with Gasteiger partial charge in [0.1, 0.15) is 0 Å². The van der Waals surface area contributed by atoms with E-state index in [4.69, 9.17) is 0 Å². The summed E-state index contributed by atoms with van der Waals surface area (Å²) in [5.74, 6) is 0.0885. The molecule has 0 atom stereocenters. The van der Waals surface area contributed by atoms with Gasteiger partial charge in [0.15, 0.2) is 0 Å². The van der Waals surface area contributed by atoms with Crippen molar-refractivity contribution < 1.29 is 4.79 Å². The predicted molar refractivity (Wildman–Crippen MR) is 103 cm³/mol. The Morgan fingerprint density at radius 2 is 1.76 bits per heavy atom. The normalized spacial score (nSPS) is 11.1. The van der Waals surface area contributed by atoms with Crippen molar-refractivity contribution in [1.82, 2.24) is 4.98 Å². The molecule has 0 radical (unpaired) electrons. The van der Waals surface area contributed by atoms with Gasteiger partial charge >= 0.3 is 0 Å². The monoisotopic (exact) mass is 334 g/mol. The zero-order valence-corrected chi connectivity index (χ0v) is 14.9. The Bertz CT molecular complexity index is 1020. The number of hydrogen-bond acceptors (Lipinski definition) is 2. The van der Waals surface area contributed by atoms with Crippen molar-refractivity contribution in [1.29, 1.82) is 0 Å². The van der Waals surface area contributed by atoms with Gasteiger partial charge < -0.3 is 10.3 Å². The maximum Gasteiger partial charge on any atom is 0.255 e. The fourth-order valence-electron chi connectivity index (χ4n) is 2.93. The summed E-state index contributed by atoms with van der Waals surface area (Å²) in [6.45, 7) is 8.12. The van der Waals surface area contributed by atoms with Gasteiger partial charge in [0.2, 0.25) is 5.56 Å². The number of aryl methyl sites for hydroxylation is 2. The number of benzene rings is 2. The maximum absolute atomic E-state index is 12.5. The third-order valence-corrected chi connectivity index (χ3v) is 4.52. The first-order valence-corrected chi connectivity index (χ1v) is 8.41. The lowest BCUT2D eigenvalue weighted by Gasteiger charge is -2.12. The molecule has 4 heteroatoms. The van der Waals surface area contributed by atoms with Crippen LogP contribution in [0.15, 0.2) is 47.3 Å². The van der Waals surface area contributed by atoms with E-state index in [1.54, 1.807) is 6.07 Å². The van der Waals surface area contributed by atoms with Gasteiger partial charge in [0, 0.05) is 22.7 Å². The fourth-order valence-corrected chi connectivity index (χ4v) is 2.93. The number of H-pyrrole nitrogens is 1. The second-order valence-electron chi connectivity index (χ2n) is 6.76. The molecule has 1 heterocycles. The Morgan fingerprint density at radius 1 is 1.00 bits per heavy atom. The minimum Gasteiger partial charge on any atom is -0.322 e. The van der Waals surface area contributed by atoms with Gasteiger partial charge in [-0.3, -0.25) is 9.59 Å². The van der Waals surface area contributed by atoms with Gasteiger partial charge in [-0.1, -0.05) is 26.0 Å². The average molecular weight is 334 g/mol. The second-order valence-corrected chi connectivity index (χ2v) is 6.76. The molecule has 1 amide bonds. The van der Waals surface area contributed by atoms with Crippen molar-refractivity contribution >= 4 is 22.5 Å². The molecule has 0 saturated carbocycles. The van der Waals surface area contributed by atoms with Crippen LogP contribution in [-0.2, 0) is 0 Å². The van der Waals surface area contributed by atoms with E-state index >= 15 is 0 Å². The highest BCUT2D eigenvalue weighted by Crippen LogP contribution is 2.25. The van der Waals surface area contributed by atoms with E-state index in [2.05, 4.69) is 24.1 Å². The van der Waals surface area contributed by atoms with Crippen molar-refractivity contribution in [3.05, 3.63) is 75.1 Å². The Balaban J connectivity index is 1.95. The molecule has 2 N–H and O–H groups in total. The lowest BCUT2D eigenvalue weighted by molar-refractivity contribution is 0.102. The van der Waals surface area contributed by atoms with Gasteiger partial charge in [-0.25, -0.2) is 0 Å². The second kappa shape index (κ2) is 6.55. The maximum atomic E-state index is 12.5. The molecule has 3 rings (SSSR count). The van der Waals surface area contributed by atoms with Crippen LogP contribution in [-0.4, -0.2) is 10.9 Å². The van der Waals surface area contributed by atoms with Gasteiger partial charge in [-0.15, -0.1) is 0 Å². The fraction of sp³-hybridized carbons (Fsp3) is 0.238. The highest BCUT2D eigenvalue weighted by atomic mass is 16.1. The molecule has 1 aromatic heterocycles. The highest BCUT2D eigenvalue weighted by Gasteiger charge is 2.10. The number of carbonyl (C=O) groups excluding carboxylic acids is 1. The van der Waals surface area contributed by atoms with Crippen LogP contribution in [0.1, 0.15) is 46.8 Å². The molecule has 4 nitrogen and oxygen atoms in total. The van der Waals surface area contributed by atoms with E-state index < -0.39 is 0 Å². The molecule has 0 spiro atoms. The number of hydrogen-bond donors (Lipinski definition) is 2. The van der Waals surface area contributed by atoms with Crippen LogP contribution >= 0.6 is 0 Å². The lowest BCUT2D eigenvalue weighted by atomic mass is 9.99. The molecule has 0 unspecified atom stereocenters. The Hall–Kier alpha value is -2.88. The third-order valence-electron chi connectivity index (χ3n) is 4.52. The molecule has 0 bridgehead atoms. The predicted octanol–water partition coefficient (Wildman–Crippen LogP) is 4.52. The molecule has 3 aromatic rings. The van der Waals surface area contributed by atoms with Crippen LogP contribution in [0, 0.1) is 13.8 Å². The molecule has 0 aliphatic heterocycles. The molecule has 0 aliphatic carbocycles. The molecule has 0 saturated heterocycles. The standard InChI is InChI=1S/C21H22N2O2/c1-12(2)18-11-20(24)23-19-10-16(7-8-17(18)19)22-21(25)15-6-5-13(3)14(4)9-15/h5-12H,1-4H3,(H,22,25)(H,23,24). The summed E-state index contributed by atoms with van der Waals surface area (Å²) in [6, 6.07) is 12.9. The number of aromatic nitrogens is 1. The van der Waals surface area contributed by atoms with Crippen molar-refractivity contribution in [3.63, 3.8) is 0 Å². The van der Waals surface area contributed by atoms with Gasteiger partial charge in [-0.05, 0) is 60.7 Å². The van der Waals surface area contributed by atoms with Crippen molar-refractivity contribution in [2.24, 2.45) is 0 Å². The average Bonchev–Trinajstić information content (AvgIpc) is 2.56. The summed E-state index contributed by atoms with van der Waals surface area (Å²) in [5, 5.41) is 3.90. The summed E-state index contributed by atoms with van der Waals surface area (Å²) in [4.78, 5) is 27.2. The number of pyridine rings is 1. The minimum atomic E-state index is -0.162. The number of amides is 1. The molecule has 2 aromatic carbocycles. The van der Waals surface area contributed by atoms with E-state index in [0.29, 0.717) is 11.3 Å². The number of aromatic amines is 1. The minimum absolute atomic E-state index is 0.131. The van der Waals surface area contributed by atoms with Crippen molar-refractivity contribution in [3.8, 4) is 0 Å². The number of fused-ring (bicyclic) bond motifs is 1. The molecule has 0 fully saturated rings. The topological polar surface area (TPSA) is 62.0 Å². The van der Waals surface area contributed by atoms with Crippen LogP contribution < -0.4 is 10.9 Å². The quantitative estimate of drug-likeness (QED) is 0.739. The zero-order valence-electron chi connectivity index (χ0n) is 14.9. The van der Waals surface area contributed by atoms with Gasteiger partial charge in [-0.2, -0.15) is 0 Å². The molecular weight excluding hydrogens is 312 g/mol. The summed E-state index contributed by atoms with van der Waals surface area (Å²) >= 11 is 0. The van der Waals surface area contributed by atoms with Crippen LogP contribution in [0.3, 0.4) is 0 Å². The van der Waals surface area contributed by atoms with Gasteiger partial charge in [0.05, 0.1) is 5.52 Å². The molecule has 25 heavy (non-hydrogen) atoms.